The molecule has 4 aromatic rings. The molecule has 24 heavy (non-hydrogen) atoms. The zero-order valence-electron chi connectivity index (χ0n) is 12.9. The van der Waals surface area contributed by atoms with E-state index in [1.54, 1.807) is 0 Å². The minimum absolute atomic E-state index is 0.00538. The zero-order chi connectivity index (χ0) is 16.5. The summed E-state index contributed by atoms with van der Waals surface area (Å²) in [5, 5.41) is 7.99. The van der Waals surface area contributed by atoms with Gasteiger partial charge in [0.05, 0.1) is 10.2 Å². The highest BCUT2D eigenvalue weighted by Gasteiger charge is 2.20. The number of fused-ring (bicyclic) bond motifs is 1. The highest BCUT2D eigenvalue weighted by atomic mass is 32.1. The number of aromatic nitrogens is 3. The third kappa shape index (κ3) is 2.61. The predicted molar refractivity (Wildman–Crippen MR) is 92.2 cm³/mol. The van der Waals surface area contributed by atoms with Crippen LogP contribution >= 0.6 is 11.3 Å². The summed E-state index contributed by atoms with van der Waals surface area (Å²) < 4.78 is 6.29. The first-order valence-corrected chi connectivity index (χ1v) is 8.39. The lowest BCUT2D eigenvalue weighted by Gasteiger charge is -2.00. The van der Waals surface area contributed by atoms with Crippen molar-refractivity contribution in [2.75, 3.05) is 0 Å². The Morgan fingerprint density at radius 3 is 2.67 bits per heavy atom. The fourth-order valence-corrected chi connectivity index (χ4v) is 3.35. The van der Waals surface area contributed by atoms with Crippen molar-refractivity contribution in [3.8, 4) is 11.1 Å². The van der Waals surface area contributed by atoms with Crippen molar-refractivity contribution in [1.82, 2.24) is 15.2 Å². The third-order valence-electron chi connectivity index (χ3n) is 3.65. The van der Waals surface area contributed by atoms with E-state index < -0.39 is 0 Å². The van der Waals surface area contributed by atoms with Gasteiger partial charge in [0.25, 0.3) is 11.7 Å². The van der Waals surface area contributed by atoms with E-state index in [1.807, 2.05) is 43.3 Å². The van der Waals surface area contributed by atoms with Crippen LogP contribution in [0.4, 0.5) is 0 Å². The molecule has 6 heteroatoms. The Hall–Kier alpha value is -2.86. The largest absolute Gasteiger partial charge is 0.418 e. The van der Waals surface area contributed by atoms with Crippen LogP contribution in [-0.2, 0) is 6.42 Å². The Morgan fingerprint density at radius 2 is 1.92 bits per heavy atom. The molecule has 2 aromatic heterocycles. The van der Waals surface area contributed by atoms with Crippen LogP contribution in [0.3, 0.4) is 0 Å². The molecule has 5 nitrogen and oxygen atoms in total. The number of nitrogens with zero attached hydrogens (tertiary/aromatic N) is 3. The molecule has 0 spiro atoms. The fourth-order valence-electron chi connectivity index (χ4n) is 2.41. The molecular weight excluding hydrogens is 322 g/mol. The van der Waals surface area contributed by atoms with Crippen molar-refractivity contribution in [2.24, 2.45) is 0 Å². The monoisotopic (exact) mass is 335 g/mol. The SMILES string of the molecule is CCc1nnc(C(=O)c2nc3ccc(-c4ccccc4)cc3s2)o1. The lowest BCUT2D eigenvalue weighted by Crippen LogP contribution is -2.00. The molecule has 0 radical (unpaired) electrons. The number of ketones is 1. The topological polar surface area (TPSA) is 68.9 Å². The Morgan fingerprint density at radius 1 is 1.08 bits per heavy atom. The van der Waals surface area contributed by atoms with E-state index in [1.165, 1.54) is 11.3 Å². The van der Waals surface area contributed by atoms with E-state index in [-0.39, 0.29) is 11.7 Å². The van der Waals surface area contributed by atoms with Crippen molar-refractivity contribution in [3.05, 3.63) is 65.3 Å². The van der Waals surface area contributed by atoms with Gasteiger partial charge in [-0.25, -0.2) is 4.98 Å². The Kier molecular flexibility index (Phi) is 3.66. The van der Waals surface area contributed by atoms with Gasteiger partial charge < -0.3 is 4.42 Å². The van der Waals surface area contributed by atoms with E-state index in [9.17, 15) is 4.79 Å². The molecule has 0 bridgehead atoms. The van der Waals surface area contributed by atoms with Crippen LogP contribution < -0.4 is 0 Å². The first-order chi connectivity index (χ1) is 11.7. The molecule has 0 fully saturated rings. The van der Waals surface area contributed by atoms with Crippen LogP contribution in [0, 0.1) is 0 Å². The predicted octanol–water partition coefficient (Wildman–Crippen LogP) is 4.14. The Balaban J connectivity index is 1.72. The van der Waals surface area contributed by atoms with Crippen molar-refractivity contribution >= 4 is 27.3 Å². The summed E-state index contributed by atoms with van der Waals surface area (Å²) >= 11 is 1.34. The van der Waals surface area contributed by atoms with Gasteiger partial charge in [0.15, 0.2) is 5.01 Å². The number of aryl methyl sites for hydroxylation is 1. The third-order valence-corrected chi connectivity index (χ3v) is 4.67. The van der Waals surface area contributed by atoms with E-state index in [4.69, 9.17) is 4.42 Å². The number of carbonyl (C=O) groups excluding carboxylic acids is 1. The molecule has 2 heterocycles. The van der Waals surface area contributed by atoms with Crippen LogP contribution in [0.1, 0.15) is 28.5 Å². The summed E-state index contributed by atoms with van der Waals surface area (Å²) in [5.41, 5.74) is 3.01. The molecule has 2 aromatic carbocycles. The summed E-state index contributed by atoms with van der Waals surface area (Å²) in [6, 6.07) is 16.1. The molecule has 0 saturated heterocycles. The molecule has 0 atom stereocenters. The Labute approximate surface area is 142 Å². The minimum atomic E-state index is -0.329. The highest BCUT2D eigenvalue weighted by Crippen LogP contribution is 2.29. The van der Waals surface area contributed by atoms with Crippen molar-refractivity contribution in [3.63, 3.8) is 0 Å². The van der Waals surface area contributed by atoms with Gasteiger partial charge in [-0.1, -0.05) is 43.3 Å². The van der Waals surface area contributed by atoms with Gasteiger partial charge in [0.2, 0.25) is 5.89 Å². The summed E-state index contributed by atoms with van der Waals surface area (Å²) in [7, 11) is 0. The summed E-state index contributed by atoms with van der Waals surface area (Å²) in [5.74, 6) is 0.115. The molecule has 0 amide bonds. The lowest BCUT2D eigenvalue weighted by atomic mass is 10.1. The van der Waals surface area contributed by atoms with Crippen LogP contribution in [0.2, 0.25) is 0 Å². The van der Waals surface area contributed by atoms with E-state index in [2.05, 4.69) is 27.3 Å². The Bertz CT molecular complexity index is 1020. The molecule has 0 N–H and O–H groups in total. The lowest BCUT2D eigenvalue weighted by molar-refractivity contribution is 0.100. The maximum atomic E-state index is 12.5. The van der Waals surface area contributed by atoms with E-state index in [0.29, 0.717) is 17.3 Å². The van der Waals surface area contributed by atoms with Crippen LogP contribution in [0.15, 0.2) is 52.9 Å². The van der Waals surface area contributed by atoms with Gasteiger partial charge in [0, 0.05) is 6.42 Å². The number of hydrogen-bond acceptors (Lipinski definition) is 6. The molecule has 0 aliphatic carbocycles. The maximum absolute atomic E-state index is 12.5. The van der Waals surface area contributed by atoms with Crippen molar-refractivity contribution < 1.29 is 9.21 Å². The van der Waals surface area contributed by atoms with Gasteiger partial charge in [-0.15, -0.1) is 21.5 Å². The molecule has 4 rings (SSSR count). The normalized spacial score (nSPS) is 11.0. The molecule has 0 saturated carbocycles. The molecule has 118 valence electrons. The number of benzene rings is 2. The minimum Gasteiger partial charge on any atom is -0.418 e. The maximum Gasteiger partial charge on any atom is 0.291 e. The molecule has 0 aliphatic rings. The zero-order valence-corrected chi connectivity index (χ0v) is 13.7. The number of thiazole rings is 1. The average molecular weight is 335 g/mol. The van der Waals surface area contributed by atoms with Gasteiger partial charge in [-0.05, 0) is 23.3 Å². The van der Waals surface area contributed by atoms with Gasteiger partial charge in [-0.3, -0.25) is 4.79 Å². The molecular formula is C18H13N3O2S. The quantitative estimate of drug-likeness (QED) is 0.524. The van der Waals surface area contributed by atoms with Crippen LogP contribution in [0.5, 0.6) is 0 Å². The van der Waals surface area contributed by atoms with E-state index in [0.717, 1.165) is 21.3 Å². The fraction of sp³-hybridized carbons (Fsp3) is 0.111. The molecule has 0 unspecified atom stereocenters. The number of carbonyl (C=O) groups is 1. The summed E-state index contributed by atoms with van der Waals surface area (Å²) in [6.45, 7) is 1.89. The van der Waals surface area contributed by atoms with E-state index >= 15 is 0 Å². The second kappa shape index (κ2) is 5.98. The number of rotatable bonds is 4. The summed E-state index contributed by atoms with van der Waals surface area (Å²) in [6.07, 6.45) is 0.598. The second-order valence-electron chi connectivity index (χ2n) is 5.25. The molecule has 0 aliphatic heterocycles. The van der Waals surface area contributed by atoms with Crippen LogP contribution in [0.25, 0.3) is 21.3 Å². The van der Waals surface area contributed by atoms with Crippen LogP contribution in [-0.4, -0.2) is 21.0 Å². The van der Waals surface area contributed by atoms with Crippen molar-refractivity contribution in [2.45, 2.75) is 13.3 Å². The van der Waals surface area contributed by atoms with Crippen molar-refractivity contribution in [1.29, 1.82) is 0 Å². The summed E-state index contributed by atoms with van der Waals surface area (Å²) in [4.78, 5) is 16.9. The second-order valence-corrected chi connectivity index (χ2v) is 6.28. The smallest absolute Gasteiger partial charge is 0.291 e. The van der Waals surface area contributed by atoms with Gasteiger partial charge in [-0.2, -0.15) is 0 Å². The first kappa shape index (κ1) is 14.7. The first-order valence-electron chi connectivity index (χ1n) is 7.57. The number of hydrogen-bond donors (Lipinski definition) is 0. The highest BCUT2D eigenvalue weighted by molar-refractivity contribution is 7.20. The van der Waals surface area contributed by atoms with Gasteiger partial charge >= 0.3 is 0 Å². The standard InChI is InChI=1S/C18H13N3O2S/c1-2-15-20-21-17(23-15)16(22)18-19-13-9-8-12(10-14(13)24-18)11-6-4-3-5-7-11/h3-10H,2H2,1H3. The average Bonchev–Trinajstić information content (AvgIpc) is 3.28. The van der Waals surface area contributed by atoms with Gasteiger partial charge in [0.1, 0.15) is 0 Å².